The van der Waals surface area contributed by atoms with E-state index in [1.165, 1.54) is 24.2 Å². The summed E-state index contributed by atoms with van der Waals surface area (Å²) in [4.78, 5) is 25.5. The molecule has 2 aliphatic rings. The maximum absolute atomic E-state index is 12.8. The molecule has 0 spiro atoms. The molecule has 0 aliphatic carbocycles. The van der Waals surface area contributed by atoms with E-state index in [1.54, 1.807) is 6.33 Å². The number of fused-ring (bicyclic) bond motifs is 1. The number of nitrogens with zero attached hydrogens (tertiary/aromatic N) is 3. The molecule has 2 aromatic rings. The second-order valence-corrected chi connectivity index (χ2v) is 11.0. The van der Waals surface area contributed by atoms with Crippen LogP contribution in [0.1, 0.15) is 47.3 Å². The van der Waals surface area contributed by atoms with Crippen molar-refractivity contribution in [3.05, 3.63) is 16.8 Å². The van der Waals surface area contributed by atoms with E-state index in [2.05, 4.69) is 20.2 Å². The number of carbonyl (C=O) groups is 1. The minimum atomic E-state index is -2.93. The molecule has 0 aromatic carbocycles. The van der Waals surface area contributed by atoms with Crippen LogP contribution in [0.4, 0.5) is 5.82 Å². The number of hydrogen-bond acceptors (Lipinski definition) is 7. The van der Waals surface area contributed by atoms with Gasteiger partial charge in [-0.1, -0.05) is 12.8 Å². The molecule has 9 heteroatoms. The molecule has 2 saturated heterocycles. The molecule has 2 aromatic heterocycles. The third kappa shape index (κ3) is 4.00. The van der Waals surface area contributed by atoms with Crippen LogP contribution in [0.5, 0.6) is 0 Å². The fourth-order valence-electron chi connectivity index (χ4n) is 4.14. The Morgan fingerprint density at radius 2 is 2.00 bits per heavy atom. The Kier molecular flexibility index (Phi) is 5.55. The summed E-state index contributed by atoms with van der Waals surface area (Å²) >= 11 is 1.39. The number of carbonyl (C=O) groups excluding carboxylic acids is 1. The molecule has 28 heavy (non-hydrogen) atoms. The number of nitrogens with one attached hydrogen (secondary N) is 1. The van der Waals surface area contributed by atoms with Crippen LogP contribution >= 0.6 is 11.3 Å². The summed E-state index contributed by atoms with van der Waals surface area (Å²) in [5.41, 5.74) is 0.913. The zero-order valence-electron chi connectivity index (χ0n) is 16.1. The van der Waals surface area contributed by atoms with E-state index < -0.39 is 9.84 Å². The normalized spacial score (nSPS) is 22.3. The molecule has 1 N–H and O–H groups in total. The van der Waals surface area contributed by atoms with Gasteiger partial charge in [-0.25, -0.2) is 18.4 Å². The van der Waals surface area contributed by atoms with Crippen LogP contribution in [0.15, 0.2) is 6.33 Å². The molecule has 0 radical (unpaired) electrons. The molecule has 2 aliphatic heterocycles. The Morgan fingerprint density at radius 1 is 1.25 bits per heavy atom. The van der Waals surface area contributed by atoms with Gasteiger partial charge < -0.3 is 10.2 Å². The Balaban J connectivity index is 1.55. The van der Waals surface area contributed by atoms with Crippen LogP contribution in [-0.2, 0) is 9.84 Å². The standard InChI is InChI=1S/C19H26N4O3S2/c1-13-15-17(23-7-4-2-3-5-8-23)21-12-22-19(15)27-16(13)18(24)20-10-14-6-9-28(25,26)11-14/h12,14H,2-11H2,1H3,(H,20,24). The van der Waals surface area contributed by atoms with Gasteiger partial charge in [0.15, 0.2) is 9.84 Å². The highest BCUT2D eigenvalue weighted by Gasteiger charge is 2.29. The lowest BCUT2D eigenvalue weighted by atomic mass is 10.1. The molecule has 4 heterocycles. The van der Waals surface area contributed by atoms with E-state index in [0.717, 1.165) is 47.5 Å². The molecule has 0 saturated carbocycles. The lowest BCUT2D eigenvalue weighted by Crippen LogP contribution is -2.29. The molecule has 7 nitrogen and oxygen atoms in total. The Morgan fingerprint density at radius 3 is 2.68 bits per heavy atom. The van der Waals surface area contributed by atoms with Crippen LogP contribution in [0.2, 0.25) is 0 Å². The average molecular weight is 423 g/mol. The van der Waals surface area contributed by atoms with Gasteiger partial charge in [0.1, 0.15) is 17.0 Å². The summed E-state index contributed by atoms with van der Waals surface area (Å²) in [5.74, 6) is 1.19. The van der Waals surface area contributed by atoms with Crippen molar-refractivity contribution in [3.8, 4) is 0 Å². The lowest BCUT2D eigenvalue weighted by molar-refractivity contribution is 0.0952. The lowest BCUT2D eigenvalue weighted by Gasteiger charge is -2.22. The van der Waals surface area contributed by atoms with E-state index >= 15 is 0 Å². The van der Waals surface area contributed by atoms with E-state index in [9.17, 15) is 13.2 Å². The second kappa shape index (κ2) is 7.94. The topological polar surface area (TPSA) is 92.3 Å². The molecular formula is C19H26N4O3S2. The van der Waals surface area contributed by atoms with Crippen molar-refractivity contribution in [2.75, 3.05) is 36.0 Å². The van der Waals surface area contributed by atoms with E-state index in [1.807, 2.05) is 6.92 Å². The minimum Gasteiger partial charge on any atom is -0.356 e. The van der Waals surface area contributed by atoms with Crippen molar-refractivity contribution in [1.82, 2.24) is 15.3 Å². The van der Waals surface area contributed by atoms with E-state index in [-0.39, 0.29) is 23.3 Å². The number of rotatable bonds is 4. The first-order valence-electron chi connectivity index (χ1n) is 9.92. The van der Waals surface area contributed by atoms with Gasteiger partial charge in [0, 0.05) is 19.6 Å². The number of aromatic nitrogens is 2. The van der Waals surface area contributed by atoms with Gasteiger partial charge in [-0.05, 0) is 37.7 Å². The largest absolute Gasteiger partial charge is 0.356 e. The van der Waals surface area contributed by atoms with Crippen molar-refractivity contribution < 1.29 is 13.2 Å². The van der Waals surface area contributed by atoms with E-state index in [4.69, 9.17) is 0 Å². The molecule has 152 valence electrons. The quantitative estimate of drug-likeness (QED) is 0.814. The highest BCUT2D eigenvalue weighted by molar-refractivity contribution is 7.91. The zero-order valence-corrected chi connectivity index (χ0v) is 17.7. The fraction of sp³-hybridized carbons (Fsp3) is 0.632. The monoisotopic (exact) mass is 422 g/mol. The molecule has 1 amide bonds. The van der Waals surface area contributed by atoms with Crippen LogP contribution in [0.25, 0.3) is 10.2 Å². The number of amides is 1. The van der Waals surface area contributed by atoms with Crippen molar-refractivity contribution in [1.29, 1.82) is 0 Å². The Labute approximate surface area is 169 Å². The van der Waals surface area contributed by atoms with Crippen LogP contribution in [0, 0.1) is 12.8 Å². The fourth-order valence-corrected chi connectivity index (χ4v) is 7.06. The molecule has 0 bridgehead atoms. The summed E-state index contributed by atoms with van der Waals surface area (Å²) < 4.78 is 23.2. The van der Waals surface area contributed by atoms with Gasteiger partial charge in [-0.2, -0.15) is 0 Å². The maximum atomic E-state index is 12.8. The van der Waals surface area contributed by atoms with Crippen molar-refractivity contribution in [2.45, 2.75) is 39.0 Å². The van der Waals surface area contributed by atoms with Gasteiger partial charge in [-0.3, -0.25) is 4.79 Å². The summed E-state index contributed by atoms with van der Waals surface area (Å²) in [5, 5.41) is 3.91. The summed E-state index contributed by atoms with van der Waals surface area (Å²) in [6, 6.07) is 0. The number of anilines is 1. The van der Waals surface area contributed by atoms with Crippen LogP contribution in [-0.4, -0.2) is 55.4 Å². The summed E-state index contributed by atoms with van der Waals surface area (Å²) in [6.45, 7) is 4.33. The minimum absolute atomic E-state index is 0.0103. The number of sulfone groups is 1. The molecule has 4 rings (SSSR count). The van der Waals surface area contributed by atoms with Gasteiger partial charge in [0.25, 0.3) is 5.91 Å². The number of thiophene rings is 1. The van der Waals surface area contributed by atoms with Crippen molar-refractivity contribution >= 4 is 43.1 Å². The average Bonchev–Trinajstić information content (AvgIpc) is 3.06. The first-order valence-corrected chi connectivity index (χ1v) is 12.6. The van der Waals surface area contributed by atoms with Crippen LogP contribution < -0.4 is 10.2 Å². The number of aryl methyl sites for hydroxylation is 1. The molecule has 1 atom stereocenters. The maximum Gasteiger partial charge on any atom is 0.261 e. The smallest absolute Gasteiger partial charge is 0.261 e. The predicted molar refractivity (Wildman–Crippen MR) is 112 cm³/mol. The molecule has 2 fully saturated rings. The van der Waals surface area contributed by atoms with Gasteiger partial charge in [0.05, 0.1) is 21.8 Å². The summed E-state index contributed by atoms with van der Waals surface area (Å²) in [6.07, 6.45) is 7.02. The second-order valence-electron chi connectivity index (χ2n) is 7.81. The highest BCUT2D eigenvalue weighted by Crippen LogP contribution is 2.35. The third-order valence-corrected chi connectivity index (χ3v) is 8.73. The zero-order chi connectivity index (χ0) is 19.7. The predicted octanol–water partition coefficient (Wildman–Crippen LogP) is 2.54. The first kappa shape index (κ1) is 19.6. The highest BCUT2D eigenvalue weighted by atomic mass is 32.2. The molecule has 1 unspecified atom stereocenters. The first-order chi connectivity index (χ1) is 13.4. The van der Waals surface area contributed by atoms with Gasteiger partial charge >= 0.3 is 0 Å². The number of hydrogen-bond donors (Lipinski definition) is 1. The van der Waals surface area contributed by atoms with E-state index in [0.29, 0.717) is 17.8 Å². The van der Waals surface area contributed by atoms with Crippen molar-refractivity contribution in [3.63, 3.8) is 0 Å². The molecular weight excluding hydrogens is 396 g/mol. The summed E-state index contributed by atoms with van der Waals surface area (Å²) in [7, 11) is -2.93. The Hall–Kier alpha value is -1.74. The van der Waals surface area contributed by atoms with Gasteiger partial charge in [-0.15, -0.1) is 11.3 Å². The van der Waals surface area contributed by atoms with Crippen LogP contribution in [0.3, 0.4) is 0 Å². The Bertz CT molecular complexity index is 978. The van der Waals surface area contributed by atoms with Crippen molar-refractivity contribution in [2.24, 2.45) is 5.92 Å². The van der Waals surface area contributed by atoms with Gasteiger partial charge in [0.2, 0.25) is 0 Å². The third-order valence-electron chi connectivity index (χ3n) is 5.70. The SMILES string of the molecule is Cc1c(C(=O)NCC2CCS(=O)(=O)C2)sc2ncnc(N3CCCCCC3)c12.